The number of cyclic esters (lactones) is 1. The smallest absolute Gasteiger partial charge is 0.311 e. The second kappa shape index (κ2) is 19.8. The number of nitrogens with zero attached hydrogens (tertiary/aromatic N) is 2. The molecular weight excluding hydrogens is 736 g/mol. The van der Waals surface area contributed by atoms with Crippen LogP contribution in [0.5, 0.6) is 0 Å². The summed E-state index contributed by atoms with van der Waals surface area (Å²) in [5.74, 6) is -2.61. The Balaban J connectivity index is 2.16. The molecule has 0 aliphatic carbocycles. The van der Waals surface area contributed by atoms with Crippen LogP contribution >= 0.6 is 0 Å². The zero-order valence-corrected chi connectivity index (χ0v) is 38.1. The highest BCUT2D eigenvalue weighted by Crippen LogP contribution is 2.40. The molecule has 3 aliphatic heterocycles. The topological polar surface area (TPSA) is 180 Å². The molecule has 0 unspecified atom stereocenters. The number of carbonyl (C=O) groups excluding carboxylic acids is 1. The van der Waals surface area contributed by atoms with Gasteiger partial charge in [-0.3, -0.25) is 4.79 Å². The third-order valence-corrected chi connectivity index (χ3v) is 13.3. The lowest BCUT2D eigenvalue weighted by molar-refractivity contribution is -0.318. The van der Waals surface area contributed by atoms with Crippen LogP contribution in [-0.2, 0) is 33.2 Å². The average molecular weight is 819 g/mol. The number of ether oxygens (including phenoxy) is 6. The van der Waals surface area contributed by atoms with E-state index < -0.39 is 96.0 Å². The second-order valence-electron chi connectivity index (χ2n) is 20.0. The average Bonchev–Trinajstić information content (AvgIpc) is 3.11. The summed E-state index contributed by atoms with van der Waals surface area (Å²) >= 11 is 0. The molecule has 57 heavy (non-hydrogen) atoms. The highest BCUT2D eigenvalue weighted by atomic mass is 16.7. The van der Waals surface area contributed by atoms with Crippen LogP contribution in [0.15, 0.2) is 0 Å². The lowest BCUT2D eigenvalue weighted by Crippen LogP contribution is -2.61. The molecule has 0 bridgehead atoms. The largest absolute Gasteiger partial charge is 0.459 e. The quantitative estimate of drug-likeness (QED) is 0.213. The lowest BCUT2D eigenvalue weighted by atomic mass is 9.77. The normalized spacial score (nSPS) is 46.6. The number of methoxy groups -OCH3 is 1. The van der Waals surface area contributed by atoms with Gasteiger partial charge < -0.3 is 63.8 Å². The van der Waals surface area contributed by atoms with Gasteiger partial charge in [-0.15, -0.1) is 0 Å². The molecule has 336 valence electrons. The molecule has 3 saturated heterocycles. The predicted octanol–water partition coefficient (Wildman–Crippen LogP) is 3.71. The maximum absolute atomic E-state index is 14.3. The van der Waals surface area contributed by atoms with Gasteiger partial charge in [-0.2, -0.15) is 0 Å². The van der Waals surface area contributed by atoms with Crippen LogP contribution in [0.3, 0.4) is 0 Å². The summed E-state index contributed by atoms with van der Waals surface area (Å²) in [5.41, 5.74) is -4.30. The summed E-state index contributed by atoms with van der Waals surface area (Å²) in [5, 5.41) is 59.0. The number of hydrogen-bond acceptors (Lipinski definition) is 14. The summed E-state index contributed by atoms with van der Waals surface area (Å²) in [6.45, 7) is 25.5. The van der Waals surface area contributed by atoms with E-state index in [2.05, 4.69) is 25.7 Å². The van der Waals surface area contributed by atoms with Gasteiger partial charge in [-0.25, -0.2) is 0 Å². The number of likely N-dealkylation sites (N-methyl/N-ethyl adjacent to an activating group) is 2. The first-order chi connectivity index (χ1) is 26.1. The van der Waals surface area contributed by atoms with Gasteiger partial charge in [0.05, 0.1) is 41.5 Å². The highest BCUT2D eigenvalue weighted by molar-refractivity contribution is 5.73. The molecule has 18 atom stereocenters. The van der Waals surface area contributed by atoms with Crippen molar-refractivity contribution in [3.63, 3.8) is 0 Å². The Bertz CT molecular complexity index is 1260. The molecule has 14 heteroatoms. The maximum Gasteiger partial charge on any atom is 0.311 e. The van der Waals surface area contributed by atoms with Crippen LogP contribution in [0.25, 0.3) is 0 Å². The number of aliphatic hydroxyl groups excluding tert-OH is 3. The van der Waals surface area contributed by atoms with Crippen LogP contribution in [-0.4, -0.2) is 166 Å². The van der Waals surface area contributed by atoms with Crippen LogP contribution in [0.4, 0.5) is 0 Å². The minimum Gasteiger partial charge on any atom is -0.459 e. The number of rotatable bonds is 9. The number of hydrogen-bond donors (Lipinski definition) is 5. The van der Waals surface area contributed by atoms with Gasteiger partial charge >= 0.3 is 5.97 Å². The molecule has 0 amide bonds. The van der Waals surface area contributed by atoms with Crippen molar-refractivity contribution in [3.8, 4) is 0 Å². The molecule has 0 aromatic carbocycles. The zero-order valence-electron chi connectivity index (χ0n) is 38.1. The van der Waals surface area contributed by atoms with Crippen molar-refractivity contribution in [1.82, 2.24) is 9.80 Å². The molecule has 3 aliphatic rings. The van der Waals surface area contributed by atoms with Crippen LogP contribution < -0.4 is 0 Å². The fraction of sp³-hybridized carbons (Fsp3) is 0.977. The minimum atomic E-state index is -1.81. The third-order valence-electron chi connectivity index (χ3n) is 13.3. The van der Waals surface area contributed by atoms with Gasteiger partial charge in [0.1, 0.15) is 30.0 Å². The Morgan fingerprint density at radius 1 is 0.947 bits per heavy atom. The summed E-state index contributed by atoms with van der Waals surface area (Å²) in [7, 11) is 5.37. The lowest BCUT2D eigenvalue weighted by Gasteiger charge is -2.49. The summed E-state index contributed by atoms with van der Waals surface area (Å²) in [6, 6.07) is -0.820. The number of carbonyl (C=O) groups is 1. The first-order valence-electron chi connectivity index (χ1n) is 21.4. The Morgan fingerprint density at radius 2 is 1.56 bits per heavy atom. The molecule has 3 heterocycles. The van der Waals surface area contributed by atoms with E-state index >= 15 is 0 Å². The molecule has 5 N–H and O–H groups in total. The van der Waals surface area contributed by atoms with E-state index in [1.165, 1.54) is 14.0 Å². The van der Waals surface area contributed by atoms with Gasteiger partial charge in [0.25, 0.3) is 0 Å². The van der Waals surface area contributed by atoms with E-state index in [0.29, 0.717) is 13.0 Å². The molecular formula is C43H82N2O12. The van der Waals surface area contributed by atoms with Crippen molar-refractivity contribution in [1.29, 1.82) is 0 Å². The van der Waals surface area contributed by atoms with E-state index in [-0.39, 0.29) is 42.7 Å². The van der Waals surface area contributed by atoms with Crippen LogP contribution in [0.2, 0.25) is 0 Å². The molecule has 0 aromatic rings. The van der Waals surface area contributed by atoms with Crippen molar-refractivity contribution < 1.29 is 58.7 Å². The zero-order chi connectivity index (χ0) is 43.6. The second-order valence-corrected chi connectivity index (χ2v) is 20.0. The van der Waals surface area contributed by atoms with E-state index in [4.69, 9.17) is 28.4 Å². The molecule has 0 aromatic heterocycles. The van der Waals surface area contributed by atoms with E-state index in [0.717, 1.165) is 13.0 Å². The summed E-state index contributed by atoms with van der Waals surface area (Å²) in [6.07, 6.45) is -7.35. The van der Waals surface area contributed by atoms with Crippen molar-refractivity contribution in [2.75, 3.05) is 34.3 Å². The molecule has 0 radical (unpaired) electrons. The standard InChI is InChI=1S/C43H82N2O12/c1-17-31-43(13,51)35(47)28(6)45(15)23-24(2)21-41(11,50)37(57-39-33(46)30(20-25(3)53-39)44(14)19-18-40(8,9)10)26(4)34(27(5)38(49)55-31)56-32-22-42(12,52-16)36(48)29(7)54-32/h24-37,39,46-48,50-51H,17-23H2,1-16H3/t24-,25-,26+,27-,28-,29+,30+,31-,32+,33-,34+,35-,36+,37-,39+,41-,42-,43-/m1/s1. The van der Waals surface area contributed by atoms with E-state index in [1.54, 1.807) is 34.6 Å². The molecule has 0 saturated carbocycles. The Hall–Kier alpha value is -1.01. The van der Waals surface area contributed by atoms with Crippen molar-refractivity contribution in [2.45, 2.75) is 212 Å². The number of aliphatic hydroxyl groups is 5. The van der Waals surface area contributed by atoms with E-state index in [1.807, 2.05) is 46.7 Å². The predicted molar refractivity (Wildman–Crippen MR) is 217 cm³/mol. The van der Waals surface area contributed by atoms with Crippen molar-refractivity contribution >= 4 is 5.97 Å². The maximum atomic E-state index is 14.3. The Labute approximate surface area is 343 Å². The summed E-state index contributed by atoms with van der Waals surface area (Å²) in [4.78, 5) is 18.4. The first kappa shape index (κ1) is 50.3. The SMILES string of the molecule is CC[C@H]1OC(=O)[C@H](C)[C@@H](O[C@H]2C[C@@](C)(OC)[C@@H](O)[C@H](C)O2)[C@H](C)[C@@H](O[C@@H]2O[C@H](C)C[C@H](N(C)CCC(C)(C)C)[C@H]2O)[C@](C)(O)C[C@@H](C)CN(C)[C@H](C)[C@@H](O)[C@]1(C)O. The fourth-order valence-corrected chi connectivity index (χ4v) is 9.34. The fourth-order valence-electron chi connectivity index (χ4n) is 9.34. The van der Waals surface area contributed by atoms with Gasteiger partial charge in [-0.05, 0) is 106 Å². The monoisotopic (exact) mass is 819 g/mol. The molecule has 14 nitrogen and oxygen atoms in total. The first-order valence-corrected chi connectivity index (χ1v) is 21.4. The Kier molecular flexibility index (Phi) is 17.5. The minimum absolute atomic E-state index is 0.101. The molecule has 3 rings (SSSR count). The van der Waals surface area contributed by atoms with Gasteiger partial charge in [0.15, 0.2) is 12.6 Å². The van der Waals surface area contributed by atoms with Crippen LogP contribution in [0.1, 0.15) is 122 Å². The van der Waals surface area contributed by atoms with Gasteiger partial charge in [0.2, 0.25) is 0 Å². The molecule has 0 spiro atoms. The van der Waals surface area contributed by atoms with Crippen molar-refractivity contribution in [3.05, 3.63) is 0 Å². The molecule has 3 fully saturated rings. The van der Waals surface area contributed by atoms with Crippen molar-refractivity contribution in [2.24, 2.45) is 23.2 Å². The van der Waals surface area contributed by atoms with Crippen LogP contribution in [0, 0.1) is 23.2 Å². The van der Waals surface area contributed by atoms with Gasteiger partial charge in [0, 0.05) is 38.1 Å². The van der Waals surface area contributed by atoms with E-state index in [9.17, 15) is 30.3 Å². The third kappa shape index (κ3) is 12.3. The highest BCUT2D eigenvalue weighted by Gasteiger charge is 2.53. The van der Waals surface area contributed by atoms with Gasteiger partial charge in [-0.1, -0.05) is 41.5 Å². The number of esters is 1. The summed E-state index contributed by atoms with van der Waals surface area (Å²) < 4.78 is 38.0. The Morgan fingerprint density at radius 3 is 2.12 bits per heavy atom.